The number of pyridine rings is 1. The lowest BCUT2D eigenvalue weighted by Gasteiger charge is -2.46. The Kier molecular flexibility index (Phi) is 5.73. The Morgan fingerprint density at radius 2 is 2.11 bits per heavy atom. The van der Waals surface area contributed by atoms with Gasteiger partial charge in [0, 0.05) is 44.1 Å². The summed E-state index contributed by atoms with van der Waals surface area (Å²) in [5.74, 6) is 0.426. The maximum atomic E-state index is 13.0. The van der Waals surface area contributed by atoms with Crippen LogP contribution in [0.1, 0.15) is 22.0 Å². The smallest absolute Gasteiger partial charge is 0.255 e. The average molecular weight is 422 g/mol. The van der Waals surface area contributed by atoms with Crippen LogP contribution < -0.4 is 4.74 Å². The van der Waals surface area contributed by atoms with Crippen LogP contribution in [0, 0.1) is 0 Å². The Bertz CT molecular complexity index is 880. The lowest BCUT2D eigenvalue weighted by atomic mass is 10.0. The summed E-state index contributed by atoms with van der Waals surface area (Å²) in [5, 5.41) is 0.958. The van der Waals surface area contributed by atoms with E-state index in [4.69, 9.17) is 32.7 Å². The van der Waals surface area contributed by atoms with E-state index in [0.717, 1.165) is 18.7 Å². The predicted molar refractivity (Wildman–Crippen MR) is 107 cm³/mol. The van der Waals surface area contributed by atoms with E-state index in [0.29, 0.717) is 41.1 Å². The number of morpholine rings is 1. The standard InChI is InChI=1S/C20H21Cl2N3O3/c1-27-17-4-2-3-16(19(17)22)20(26)25-6-5-24-11-18(28-12-15(24)10-25)13-7-14(21)9-23-8-13/h2-4,7-9,15,18H,5-6,10-12H2,1H3/t15-,18-/m0/s1. The Hall–Kier alpha value is -1.86. The summed E-state index contributed by atoms with van der Waals surface area (Å²) in [6.45, 7) is 3.34. The molecule has 2 aliphatic heterocycles. The minimum Gasteiger partial charge on any atom is -0.495 e. The molecule has 0 saturated carbocycles. The first-order chi connectivity index (χ1) is 13.6. The second-order valence-electron chi connectivity index (χ2n) is 6.98. The first kappa shape index (κ1) is 19.5. The Morgan fingerprint density at radius 1 is 1.25 bits per heavy atom. The number of ether oxygens (including phenoxy) is 2. The molecular weight excluding hydrogens is 401 g/mol. The minimum absolute atomic E-state index is 0.0578. The molecule has 4 rings (SSSR count). The van der Waals surface area contributed by atoms with Crippen LogP contribution in [0.5, 0.6) is 5.75 Å². The summed E-state index contributed by atoms with van der Waals surface area (Å²) in [7, 11) is 1.54. The van der Waals surface area contributed by atoms with Gasteiger partial charge in [-0.2, -0.15) is 0 Å². The van der Waals surface area contributed by atoms with Crippen molar-refractivity contribution in [1.82, 2.24) is 14.8 Å². The van der Waals surface area contributed by atoms with Crippen molar-refractivity contribution in [3.8, 4) is 5.75 Å². The van der Waals surface area contributed by atoms with Crippen molar-refractivity contribution >= 4 is 29.1 Å². The van der Waals surface area contributed by atoms with Crippen LogP contribution in [0.2, 0.25) is 10.0 Å². The monoisotopic (exact) mass is 421 g/mol. The van der Waals surface area contributed by atoms with E-state index in [1.54, 1.807) is 37.7 Å². The molecule has 6 nitrogen and oxygen atoms in total. The van der Waals surface area contributed by atoms with Crippen molar-refractivity contribution in [3.63, 3.8) is 0 Å². The largest absolute Gasteiger partial charge is 0.495 e. The number of hydrogen-bond donors (Lipinski definition) is 0. The van der Waals surface area contributed by atoms with Crippen LogP contribution in [0.15, 0.2) is 36.7 Å². The predicted octanol–water partition coefficient (Wildman–Crippen LogP) is 3.29. The molecule has 0 spiro atoms. The average Bonchev–Trinajstić information content (AvgIpc) is 2.72. The van der Waals surface area contributed by atoms with Gasteiger partial charge in [0.25, 0.3) is 5.91 Å². The third-order valence-corrected chi connectivity index (χ3v) is 5.89. The summed E-state index contributed by atoms with van der Waals surface area (Å²) < 4.78 is 11.3. The van der Waals surface area contributed by atoms with Crippen LogP contribution in [0.25, 0.3) is 0 Å². The molecule has 0 bridgehead atoms. The fourth-order valence-electron chi connectivity index (χ4n) is 3.78. The van der Waals surface area contributed by atoms with E-state index in [1.165, 1.54) is 0 Å². The Morgan fingerprint density at radius 3 is 2.89 bits per heavy atom. The fraction of sp³-hybridized carbons (Fsp3) is 0.400. The third kappa shape index (κ3) is 3.82. The Balaban J connectivity index is 1.43. The zero-order valence-corrected chi connectivity index (χ0v) is 17.0. The molecule has 0 radical (unpaired) electrons. The molecule has 2 aromatic rings. The quantitative estimate of drug-likeness (QED) is 0.760. The highest BCUT2D eigenvalue weighted by atomic mass is 35.5. The van der Waals surface area contributed by atoms with E-state index in [1.807, 2.05) is 11.0 Å². The van der Waals surface area contributed by atoms with Crippen molar-refractivity contribution in [2.24, 2.45) is 0 Å². The zero-order valence-electron chi connectivity index (χ0n) is 15.5. The molecule has 0 aliphatic carbocycles. The number of fused-ring (bicyclic) bond motifs is 1. The highest BCUT2D eigenvalue weighted by Crippen LogP contribution is 2.31. The summed E-state index contributed by atoms with van der Waals surface area (Å²) in [6, 6.07) is 7.31. The molecule has 2 saturated heterocycles. The van der Waals surface area contributed by atoms with E-state index < -0.39 is 0 Å². The number of carbonyl (C=O) groups is 1. The molecular formula is C20H21Cl2N3O3. The van der Waals surface area contributed by atoms with E-state index in [2.05, 4.69) is 9.88 Å². The Labute approximate surface area is 173 Å². The van der Waals surface area contributed by atoms with E-state index in [-0.39, 0.29) is 18.1 Å². The maximum absolute atomic E-state index is 13.0. The van der Waals surface area contributed by atoms with Crippen LogP contribution >= 0.6 is 23.2 Å². The van der Waals surface area contributed by atoms with Crippen molar-refractivity contribution < 1.29 is 14.3 Å². The topological polar surface area (TPSA) is 54.9 Å². The number of carbonyl (C=O) groups excluding carboxylic acids is 1. The first-order valence-electron chi connectivity index (χ1n) is 9.14. The van der Waals surface area contributed by atoms with Crippen LogP contribution in [0.4, 0.5) is 0 Å². The fourth-order valence-corrected chi connectivity index (χ4v) is 4.25. The van der Waals surface area contributed by atoms with E-state index in [9.17, 15) is 4.79 Å². The number of hydrogen-bond acceptors (Lipinski definition) is 5. The van der Waals surface area contributed by atoms with Crippen molar-refractivity contribution in [1.29, 1.82) is 0 Å². The van der Waals surface area contributed by atoms with Gasteiger partial charge in [-0.25, -0.2) is 0 Å². The molecule has 28 heavy (non-hydrogen) atoms. The van der Waals surface area contributed by atoms with Crippen LogP contribution in [0.3, 0.4) is 0 Å². The van der Waals surface area contributed by atoms with Crippen LogP contribution in [-0.4, -0.2) is 66.6 Å². The third-order valence-electron chi connectivity index (χ3n) is 5.29. The molecule has 148 valence electrons. The van der Waals surface area contributed by atoms with Crippen LogP contribution in [-0.2, 0) is 4.74 Å². The number of piperazine rings is 1. The van der Waals surface area contributed by atoms with Gasteiger partial charge in [-0.3, -0.25) is 14.7 Å². The van der Waals surface area contributed by atoms with Crippen molar-refractivity contribution in [2.75, 3.05) is 39.9 Å². The molecule has 1 amide bonds. The minimum atomic E-state index is -0.0790. The molecule has 1 aromatic carbocycles. The second kappa shape index (κ2) is 8.25. The number of methoxy groups -OCH3 is 1. The van der Waals surface area contributed by atoms with Crippen molar-refractivity contribution in [3.05, 3.63) is 57.8 Å². The summed E-state index contributed by atoms with van der Waals surface area (Å²) in [5.41, 5.74) is 1.45. The maximum Gasteiger partial charge on any atom is 0.255 e. The summed E-state index contributed by atoms with van der Waals surface area (Å²) in [4.78, 5) is 21.3. The normalized spacial score (nSPS) is 22.6. The van der Waals surface area contributed by atoms with E-state index >= 15 is 0 Å². The molecule has 2 atom stereocenters. The molecule has 0 N–H and O–H groups in total. The molecule has 2 aliphatic rings. The lowest BCUT2D eigenvalue weighted by Crippen LogP contribution is -2.59. The second-order valence-corrected chi connectivity index (χ2v) is 7.79. The summed E-state index contributed by atoms with van der Waals surface area (Å²) in [6.07, 6.45) is 3.35. The first-order valence-corrected chi connectivity index (χ1v) is 9.90. The number of aromatic nitrogens is 1. The number of amides is 1. The molecule has 0 unspecified atom stereocenters. The highest BCUT2D eigenvalue weighted by molar-refractivity contribution is 6.35. The SMILES string of the molecule is COc1cccc(C(=O)N2CCN3C[C@@H](c4cncc(Cl)c4)OC[C@@H]3C2)c1Cl. The number of benzene rings is 1. The molecule has 3 heterocycles. The lowest BCUT2D eigenvalue weighted by molar-refractivity contribution is -0.0859. The van der Waals surface area contributed by atoms with Gasteiger partial charge in [0.2, 0.25) is 0 Å². The van der Waals surface area contributed by atoms with Crippen molar-refractivity contribution in [2.45, 2.75) is 12.1 Å². The molecule has 2 fully saturated rings. The van der Waals surface area contributed by atoms with Gasteiger partial charge >= 0.3 is 0 Å². The van der Waals surface area contributed by atoms with Gasteiger partial charge in [0.05, 0.1) is 41.5 Å². The highest BCUT2D eigenvalue weighted by Gasteiger charge is 2.36. The zero-order chi connectivity index (χ0) is 19.7. The van der Waals surface area contributed by atoms with Gasteiger partial charge in [-0.15, -0.1) is 0 Å². The van der Waals surface area contributed by atoms with Gasteiger partial charge in [-0.1, -0.05) is 29.3 Å². The van der Waals surface area contributed by atoms with Gasteiger partial charge < -0.3 is 14.4 Å². The van der Waals surface area contributed by atoms with Gasteiger partial charge in [0.1, 0.15) is 5.75 Å². The number of nitrogens with zero attached hydrogens (tertiary/aromatic N) is 3. The number of rotatable bonds is 3. The van der Waals surface area contributed by atoms with Gasteiger partial charge in [0.15, 0.2) is 0 Å². The molecule has 8 heteroatoms. The summed E-state index contributed by atoms with van der Waals surface area (Å²) >= 11 is 12.4. The molecule has 1 aromatic heterocycles. The van der Waals surface area contributed by atoms with Gasteiger partial charge in [-0.05, 0) is 18.2 Å². The number of halogens is 2.